The summed E-state index contributed by atoms with van der Waals surface area (Å²) in [7, 11) is 0. The summed E-state index contributed by atoms with van der Waals surface area (Å²) < 4.78 is 1.77. The molecule has 182 valence electrons. The first-order valence-electron chi connectivity index (χ1n) is 11.7. The number of carbonyl (C=O) groups is 2. The molecule has 0 spiro atoms. The minimum absolute atomic E-state index is 0.0595. The fraction of sp³-hybridized carbons (Fsp3) is 0.179. The molecule has 1 aliphatic carbocycles. The van der Waals surface area contributed by atoms with Gasteiger partial charge in [0.1, 0.15) is 6.54 Å². The average molecular weight is 519 g/mol. The number of aryl methyl sites for hydroxylation is 1. The number of benzene rings is 3. The van der Waals surface area contributed by atoms with Crippen molar-refractivity contribution < 1.29 is 9.59 Å². The Bertz CT molecular complexity index is 1410. The lowest BCUT2D eigenvalue weighted by Crippen LogP contribution is -2.39. The summed E-state index contributed by atoms with van der Waals surface area (Å²) in [6, 6.07) is 22.1. The van der Waals surface area contributed by atoms with E-state index in [1.165, 1.54) is 0 Å². The van der Waals surface area contributed by atoms with E-state index in [-0.39, 0.29) is 24.4 Å². The van der Waals surface area contributed by atoms with Crippen molar-refractivity contribution in [3.8, 4) is 16.9 Å². The van der Waals surface area contributed by atoms with Crippen LogP contribution in [0.1, 0.15) is 28.8 Å². The molecule has 3 aromatic carbocycles. The van der Waals surface area contributed by atoms with Crippen molar-refractivity contribution in [2.24, 2.45) is 0 Å². The third kappa shape index (κ3) is 5.45. The lowest BCUT2D eigenvalue weighted by atomic mass is 10.1. The van der Waals surface area contributed by atoms with Crippen LogP contribution in [0.25, 0.3) is 16.9 Å². The molecule has 8 heteroatoms. The van der Waals surface area contributed by atoms with Crippen LogP contribution < -0.4 is 5.32 Å². The van der Waals surface area contributed by atoms with Gasteiger partial charge in [0, 0.05) is 39.1 Å². The van der Waals surface area contributed by atoms with E-state index in [0.29, 0.717) is 27.3 Å². The highest BCUT2D eigenvalue weighted by Crippen LogP contribution is 2.29. The number of imidazole rings is 1. The van der Waals surface area contributed by atoms with Gasteiger partial charge in [0.25, 0.3) is 5.91 Å². The van der Waals surface area contributed by atoms with Crippen LogP contribution in [0.3, 0.4) is 0 Å². The second-order valence-corrected chi connectivity index (χ2v) is 9.76. The van der Waals surface area contributed by atoms with Gasteiger partial charge in [-0.3, -0.25) is 19.5 Å². The van der Waals surface area contributed by atoms with E-state index in [9.17, 15) is 9.59 Å². The molecule has 0 unspecified atom stereocenters. The van der Waals surface area contributed by atoms with Crippen LogP contribution in [0.15, 0.2) is 79.0 Å². The zero-order valence-corrected chi connectivity index (χ0v) is 21.1. The zero-order chi connectivity index (χ0) is 25.2. The Morgan fingerprint density at radius 2 is 1.72 bits per heavy atom. The molecule has 36 heavy (non-hydrogen) atoms. The lowest BCUT2D eigenvalue weighted by molar-refractivity contribution is -0.117. The highest BCUT2D eigenvalue weighted by molar-refractivity contribution is 6.31. The Labute approximate surface area is 219 Å². The fourth-order valence-corrected chi connectivity index (χ4v) is 4.30. The number of nitrogens with zero attached hydrogens (tertiary/aromatic N) is 3. The van der Waals surface area contributed by atoms with Crippen molar-refractivity contribution in [3.63, 3.8) is 0 Å². The van der Waals surface area contributed by atoms with E-state index in [4.69, 9.17) is 23.2 Å². The van der Waals surface area contributed by atoms with Gasteiger partial charge in [0.05, 0.1) is 5.69 Å². The molecule has 1 N–H and O–H groups in total. The second-order valence-electron chi connectivity index (χ2n) is 8.88. The van der Waals surface area contributed by atoms with Crippen molar-refractivity contribution in [2.75, 3.05) is 11.9 Å². The number of anilines is 1. The van der Waals surface area contributed by atoms with Crippen LogP contribution in [-0.2, 0) is 4.79 Å². The van der Waals surface area contributed by atoms with Gasteiger partial charge in [-0.15, -0.1) is 0 Å². The monoisotopic (exact) mass is 518 g/mol. The molecule has 1 aliphatic rings. The summed E-state index contributed by atoms with van der Waals surface area (Å²) in [6.07, 6.45) is 3.62. The molecule has 0 atom stereocenters. The number of nitrogens with one attached hydrogen (secondary N) is 1. The normalized spacial score (nSPS) is 12.9. The van der Waals surface area contributed by atoms with E-state index in [0.717, 1.165) is 29.7 Å². The summed E-state index contributed by atoms with van der Waals surface area (Å²) in [5.41, 5.74) is 3.92. The van der Waals surface area contributed by atoms with Gasteiger partial charge in [0.15, 0.2) is 0 Å². The van der Waals surface area contributed by atoms with Crippen molar-refractivity contribution in [1.29, 1.82) is 0 Å². The number of aromatic nitrogens is 2. The molecule has 1 fully saturated rings. The molecule has 6 nitrogen and oxygen atoms in total. The molecule has 4 aromatic rings. The summed E-state index contributed by atoms with van der Waals surface area (Å²) in [6.45, 7) is 1.91. The van der Waals surface area contributed by atoms with E-state index < -0.39 is 0 Å². The first-order valence-corrected chi connectivity index (χ1v) is 12.4. The Balaban J connectivity index is 1.41. The molecule has 2 amide bonds. The lowest BCUT2D eigenvalue weighted by Gasteiger charge is -2.22. The number of halogens is 2. The summed E-state index contributed by atoms with van der Waals surface area (Å²) in [4.78, 5) is 32.7. The first kappa shape index (κ1) is 24.1. The average Bonchev–Trinajstić information content (AvgIpc) is 3.63. The molecule has 0 aliphatic heterocycles. The van der Waals surface area contributed by atoms with Crippen LogP contribution >= 0.6 is 23.2 Å². The van der Waals surface area contributed by atoms with E-state index >= 15 is 0 Å². The molecule has 0 radical (unpaired) electrons. The van der Waals surface area contributed by atoms with Crippen LogP contribution in [0.5, 0.6) is 0 Å². The highest BCUT2D eigenvalue weighted by atomic mass is 35.5. The second kappa shape index (κ2) is 10.2. The van der Waals surface area contributed by atoms with Crippen LogP contribution in [0.4, 0.5) is 5.95 Å². The van der Waals surface area contributed by atoms with Gasteiger partial charge in [-0.2, -0.15) is 0 Å². The van der Waals surface area contributed by atoms with Crippen molar-refractivity contribution >= 4 is 41.0 Å². The van der Waals surface area contributed by atoms with Gasteiger partial charge in [0.2, 0.25) is 11.9 Å². The molecule has 0 bridgehead atoms. The maximum absolute atomic E-state index is 13.2. The summed E-state index contributed by atoms with van der Waals surface area (Å²) >= 11 is 12.3. The predicted octanol–water partition coefficient (Wildman–Crippen LogP) is 6.40. The quantitative estimate of drug-likeness (QED) is 0.307. The minimum atomic E-state index is -0.320. The summed E-state index contributed by atoms with van der Waals surface area (Å²) in [5.74, 6) is -0.127. The van der Waals surface area contributed by atoms with E-state index in [1.54, 1.807) is 45.9 Å². The van der Waals surface area contributed by atoms with E-state index in [2.05, 4.69) is 10.3 Å². The molecule has 1 aromatic heterocycles. The van der Waals surface area contributed by atoms with Gasteiger partial charge in [-0.1, -0.05) is 59.1 Å². The van der Waals surface area contributed by atoms with Crippen LogP contribution in [-0.4, -0.2) is 38.9 Å². The maximum Gasteiger partial charge on any atom is 0.254 e. The molecular weight excluding hydrogens is 495 g/mol. The number of hydrogen-bond donors (Lipinski definition) is 1. The van der Waals surface area contributed by atoms with Crippen molar-refractivity contribution in [1.82, 2.24) is 14.5 Å². The Kier molecular flexibility index (Phi) is 6.81. The molecule has 5 rings (SSSR count). The van der Waals surface area contributed by atoms with E-state index in [1.807, 2.05) is 49.5 Å². The number of hydrogen-bond acceptors (Lipinski definition) is 3. The topological polar surface area (TPSA) is 67.2 Å². The fourth-order valence-electron chi connectivity index (χ4n) is 3.98. The Morgan fingerprint density at radius 1 is 1.00 bits per heavy atom. The Hall–Kier alpha value is -3.61. The van der Waals surface area contributed by atoms with Gasteiger partial charge >= 0.3 is 0 Å². The maximum atomic E-state index is 13.2. The zero-order valence-electron chi connectivity index (χ0n) is 19.6. The largest absolute Gasteiger partial charge is 0.326 e. The van der Waals surface area contributed by atoms with Crippen LogP contribution in [0.2, 0.25) is 10.0 Å². The molecule has 0 saturated heterocycles. The Morgan fingerprint density at radius 3 is 2.39 bits per heavy atom. The highest BCUT2D eigenvalue weighted by Gasteiger charge is 2.34. The van der Waals surface area contributed by atoms with Gasteiger partial charge in [-0.25, -0.2) is 4.98 Å². The number of carbonyl (C=O) groups excluding carboxylic acids is 2. The predicted molar refractivity (Wildman–Crippen MR) is 143 cm³/mol. The van der Waals surface area contributed by atoms with Crippen LogP contribution in [0, 0.1) is 6.92 Å². The third-order valence-electron chi connectivity index (χ3n) is 6.04. The van der Waals surface area contributed by atoms with Crippen molar-refractivity contribution in [3.05, 3.63) is 100 Å². The summed E-state index contributed by atoms with van der Waals surface area (Å²) in [5, 5.41) is 4.10. The molecular formula is C28H24Cl2N4O2. The van der Waals surface area contributed by atoms with Gasteiger partial charge < -0.3 is 4.90 Å². The van der Waals surface area contributed by atoms with Gasteiger partial charge in [-0.05, 0) is 62.2 Å². The standard InChI is InChI=1S/C28H24Cl2N4O2/c1-18-5-7-20(8-6-18)27(36)33(23-13-14-23)17-26(35)32-28-31-25(19-9-11-21(29)12-10-19)16-34(28)24-4-2-3-22(30)15-24/h2-12,15-16,23H,13-14,17H2,1H3,(H,31,32,35). The smallest absolute Gasteiger partial charge is 0.254 e. The van der Waals surface area contributed by atoms with Crippen molar-refractivity contribution in [2.45, 2.75) is 25.8 Å². The minimum Gasteiger partial charge on any atom is -0.326 e. The number of amides is 2. The molecule has 1 saturated carbocycles. The third-order valence-corrected chi connectivity index (χ3v) is 6.53. The first-order chi connectivity index (χ1) is 17.4. The molecule has 1 heterocycles. The SMILES string of the molecule is Cc1ccc(C(=O)N(CC(=O)Nc2nc(-c3ccc(Cl)cc3)cn2-c2cccc(Cl)c2)C2CC2)cc1. The number of rotatable bonds is 7.